The molecule has 0 amide bonds. The van der Waals surface area contributed by atoms with Crippen LogP contribution < -0.4 is 0 Å². The third-order valence-electron chi connectivity index (χ3n) is 3.10. The number of hydrogen-bond acceptors (Lipinski definition) is 0. The summed E-state index contributed by atoms with van der Waals surface area (Å²) in [6, 6.07) is 0. The fourth-order valence-corrected chi connectivity index (χ4v) is 2.02. The molecule has 0 fully saturated rings. The lowest BCUT2D eigenvalue weighted by Gasteiger charge is -2.19. The largest absolute Gasteiger partial charge is 0.0654 e. The second-order valence-corrected chi connectivity index (χ2v) is 4.55. The Bertz CT molecular complexity index is 96.2. The van der Waals surface area contributed by atoms with E-state index < -0.39 is 0 Å². The van der Waals surface area contributed by atoms with Gasteiger partial charge in [0, 0.05) is 0 Å². The Morgan fingerprint density at radius 3 is 2.08 bits per heavy atom. The normalized spacial score (nSPS) is 15.7. The fraction of sp³-hybridized carbons (Fsp3) is 1.00. The average molecular weight is 184 g/mol. The summed E-state index contributed by atoms with van der Waals surface area (Å²) >= 11 is 0. The lowest BCUT2D eigenvalue weighted by atomic mass is 9.87. The quantitative estimate of drug-likeness (QED) is 0.496. The second-order valence-electron chi connectivity index (χ2n) is 4.55. The molecule has 0 aromatic heterocycles. The molecule has 0 spiro atoms. The van der Waals surface area contributed by atoms with Crippen LogP contribution in [0.2, 0.25) is 0 Å². The molecule has 0 heteroatoms. The average Bonchev–Trinajstić information content (AvgIpc) is 2.14. The fourth-order valence-electron chi connectivity index (χ4n) is 2.02. The van der Waals surface area contributed by atoms with Crippen LogP contribution in [0.25, 0.3) is 0 Å². The van der Waals surface area contributed by atoms with Gasteiger partial charge in [0.25, 0.3) is 0 Å². The van der Waals surface area contributed by atoms with E-state index in [2.05, 4.69) is 27.7 Å². The summed E-state index contributed by atoms with van der Waals surface area (Å²) in [6.07, 6.45) is 9.89. The minimum atomic E-state index is 0.938. The van der Waals surface area contributed by atoms with Crippen molar-refractivity contribution in [3.05, 3.63) is 0 Å². The van der Waals surface area contributed by atoms with E-state index in [1.54, 1.807) is 0 Å². The van der Waals surface area contributed by atoms with Crippen molar-refractivity contribution in [2.24, 2.45) is 11.8 Å². The van der Waals surface area contributed by atoms with Crippen LogP contribution in [0.4, 0.5) is 0 Å². The van der Waals surface area contributed by atoms with E-state index in [9.17, 15) is 0 Å². The Morgan fingerprint density at radius 2 is 1.62 bits per heavy atom. The standard InChI is InChI=1S/C13H28/c1-5-8-10-13(9-6-2)11-12(4)7-3/h12-13H,5-11H2,1-4H3. The molecule has 2 unspecified atom stereocenters. The van der Waals surface area contributed by atoms with Gasteiger partial charge in [0.1, 0.15) is 0 Å². The maximum atomic E-state index is 2.40. The van der Waals surface area contributed by atoms with Crippen molar-refractivity contribution < 1.29 is 0 Å². The maximum Gasteiger partial charge on any atom is -0.0412 e. The first-order valence-electron chi connectivity index (χ1n) is 6.24. The van der Waals surface area contributed by atoms with Crippen molar-refractivity contribution in [2.45, 2.75) is 72.6 Å². The Kier molecular flexibility index (Phi) is 8.59. The van der Waals surface area contributed by atoms with Gasteiger partial charge in [-0.25, -0.2) is 0 Å². The van der Waals surface area contributed by atoms with Crippen LogP contribution in [0.5, 0.6) is 0 Å². The Morgan fingerprint density at radius 1 is 0.923 bits per heavy atom. The molecular weight excluding hydrogens is 156 g/mol. The highest BCUT2D eigenvalue weighted by atomic mass is 14.2. The predicted octanol–water partition coefficient (Wildman–Crippen LogP) is 5.03. The third kappa shape index (κ3) is 7.10. The first-order chi connectivity index (χ1) is 6.24. The molecule has 2 atom stereocenters. The van der Waals surface area contributed by atoms with Crippen molar-refractivity contribution in [1.29, 1.82) is 0 Å². The summed E-state index contributed by atoms with van der Waals surface area (Å²) in [7, 11) is 0. The Balaban J connectivity index is 3.65. The zero-order valence-electron chi connectivity index (χ0n) is 10.1. The number of unbranched alkanes of at least 4 members (excludes halogenated alkanes) is 1. The lowest BCUT2D eigenvalue weighted by Crippen LogP contribution is -2.06. The van der Waals surface area contributed by atoms with Crippen LogP contribution in [-0.4, -0.2) is 0 Å². The van der Waals surface area contributed by atoms with Crippen molar-refractivity contribution in [3.63, 3.8) is 0 Å². The van der Waals surface area contributed by atoms with Crippen LogP contribution >= 0.6 is 0 Å². The van der Waals surface area contributed by atoms with Crippen molar-refractivity contribution in [1.82, 2.24) is 0 Å². The first-order valence-corrected chi connectivity index (χ1v) is 6.24. The smallest absolute Gasteiger partial charge is 0.0412 e. The summed E-state index contributed by atoms with van der Waals surface area (Å²) in [5.74, 6) is 1.95. The molecule has 0 aliphatic carbocycles. The molecule has 13 heavy (non-hydrogen) atoms. The van der Waals surface area contributed by atoms with Crippen molar-refractivity contribution in [3.8, 4) is 0 Å². The molecule has 0 saturated heterocycles. The zero-order chi connectivity index (χ0) is 10.1. The highest BCUT2D eigenvalue weighted by Gasteiger charge is 2.10. The van der Waals surface area contributed by atoms with E-state index in [1.165, 1.54) is 44.9 Å². The summed E-state index contributed by atoms with van der Waals surface area (Å²) in [6.45, 7) is 9.32. The molecule has 0 heterocycles. The minimum absolute atomic E-state index is 0.938. The summed E-state index contributed by atoms with van der Waals surface area (Å²) in [5, 5.41) is 0. The van der Waals surface area contributed by atoms with Crippen molar-refractivity contribution in [2.75, 3.05) is 0 Å². The van der Waals surface area contributed by atoms with Crippen molar-refractivity contribution >= 4 is 0 Å². The van der Waals surface area contributed by atoms with Gasteiger partial charge >= 0.3 is 0 Å². The number of rotatable bonds is 8. The molecule has 0 aromatic carbocycles. The third-order valence-corrected chi connectivity index (χ3v) is 3.10. The van der Waals surface area contributed by atoms with Gasteiger partial charge in [-0.1, -0.05) is 66.2 Å². The highest BCUT2D eigenvalue weighted by molar-refractivity contribution is 4.62. The molecule has 0 radical (unpaired) electrons. The van der Waals surface area contributed by atoms with Crippen LogP contribution in [0, 0.1) is 11.8 Å². The van der Waals surface area contributed by atoms with Crippen LogP contribution in [0.3, 0.4) is 0 Å². The summed E-state index contributed by atoms with van der Waals surface area (Å²) in [5.41, 5.74) is 0. The summed E-state index contributed by atoms with van der Waals surface area (Å²) < 4.78 is 0. The van der Waals surface area contributed by atoms with Gasteiger partial charge in [-0.2, -0.15) is 0 Å². The van der Waals surface area contributed by atoms with E-state index in [-0.39, 0.29) is 0 Å². The van der Waals surface area contributed by atoms with Gasteiger partial charge in [-0.15, -0.1) is 0 Å². The molecule has 0 aliphatic heterocycles. The van der Waals surface area contributed by atoms with Gasteiger partial charge in [-0.3, -0.25) is 0 Å². The molecular formula is C13H28. The number of hydrogen-bond donors (Lipinski definition) is 0. The highest BCUT2D eigenvalue weighted by Crippen LogP contribution is 2.24. The molecule has 80 valence electrons. The topological polar surface area (TPSA) is 0 Å². The monoisotopic (exact) mass is 184 g/mol. The van der Waals surface area contributed by atoms with E-state index in [0.717, 1.165) is 11.8 Å². The molecule has 0 saturated carbocycles. The van der Waals surface area contributed by atoms with E-state index in [0.29, 0.717) is 0 Å². The Labute approximate surface area is 85.1 Å². The lowest BCUT2D eigenvalue weighted by molar-refractivity contribution is 0.334. The van der Waals surface area contributed by atoms with Gasteiger partial charge < -0.3 is 0 Å². The van der Waals surface area contributed by atoms with Gasteiger partial charge in [-0.05, 0) is 18.3 Å². The van der Waals surface area contributed by atoms with Gasteiger partial charge in [0.15, 0.2) is 0 Å². The second kappa shape index (κ2) is 8.59. The summed E-state index contributed by atoms with van der Waals surface area (Å²) in [4.78, 5) is 0. The van der Waals surface area contributed by atoms with Crippen LogP contribution in [0.15, 0.2) is 0 Å². The zero-order valence-corrected chi connectivity index (χ0v) is 10.1. The minimum Gasteiger partial charge on any atom is -0.0654 e. The molecule has 0 N–H and O–H groups in total. The van der Waals surface area contributed by atoms with E-state index in [4.69, 9.17) is 0 Å². The molecule has 0 aliphatic rings. The maximum absolute atomic E-state index is 2.40. The molecule has 0 aromatic rings. The van der Waals surface area contributed by atoms with E-state index >= 15 is 0 Å². The van der Waals surface area contributed by atoms with Crippen LogP contribution in [-0.2, 0) is 0 Å². The van der Waals surface area contributed by atoms with Gasteiger partial charge in [0.05, 0.1) is 0 Å². The molecule has 0 bridgehead atoms. The Hall–Kier alpha value is 0. The SMILES string of the molecule is CCCCC(CCC)CC(C)CC. The first kappa shape index (κ1) is 13.0. The van der Waals surface area contributed by atoms with Crippen LogP contribution in [0.1, 0.15) is 72.6 Å². The van der Waals surface area contributed by atoms with E-state index in [1.807, 2.05) is 0 Å². The van der Waals surface area contributed by atoms with Gasteiger partial charge in [0.2, 0.25) is 0 Å². The molecule has 0 nitrogen and oxygen atoms in total. The molecule has 0 rings (SSSR count). The predicted molar refractivity (Wildman–Crippen MR) is 62.0 cm³/mol.